The molecule has 2 atom stereocenters. The molecular formula is C18H24BrNO4S. The van der Waals surface area contributed by atoms with Crippen LogP contribution in [0.2, 0.25) is 0 Å². The molecule has 0 radical (unpaired) electrons. The summed E-state index contributed by atoms with van der Waals surface area (Å²) >= 11 is 3.24. The minimum atomic E-state index is -3.73. The molecule has 1 unspecified atom stereocenters. The molecule has 1 fully saturated rings. The number of fused-ring (bicyclic) bond motifs is 1. The van der Waals surface area contributed by atoms with Gasteiger partial charge < -0.3 is 0 Å². The molecule has 2 aliphatic rings. The summed E-state index contributed by atoms with van der Waals surface area (Å²) < 4.78 is 25.1. The summed E-state index contributed by atoms with van der Waals surface area (Å²) in [5, 5.41) is -1.09. The van der Waals surface area contributed by atoms with Crippen LogP contribution in [0.15, 0.2) is 36.6 Å². The second kappa shape index (κ2) is 6.20. The van der Waals surface area contributed by atoms with Gasteiger partial charge in [-0.3, -0.25) is 14.5 Å². The van der Waals surface area contributed by atoms with Gasteiger partial charge in [0.15, 0.2) is 21.0 Å². The number of hydrogen-bond donors (Lipinski definition) is 0. The predicted octanol–water partition coefficient (Wildman–Crippen LogP) is 3.33. The summed E-state index contributed by atoms with van der Waals surface area (Å²) in [5.74, 6) is -0.597. The number of allylic oxidation sites excluding steroid dienone is 3. The first-order chi connectivity index (χ1) is 11.4. The largest absolute Gasteiger partial charge is 0.292 e. The Labute approximate surface area is 157 Å². The number of rotatable bonds is 5. The average Bonchev–Trinajstić information content (AvgIpc) is 2.50. The molecule has 1 saturated heterocycles. The van der Waals surface area contributed by atoms with E-state index in [4.69, 9.17) is 0 Å². The van der Waals surface area contributed by atoms with Gasteiger partial charge >= 0.3 is 0 Å². The highest BCUT2D eigenvalue weighted by atomic mass is 79.9. The van der Waals surface area contributed by atoms with Crippen molar-refractivity contribution in [3.63, 3.8) is 0 Å². The van der Waals surface area contributed by atoms with Crippen molar-refractivity contribution in [2.45, 2.75) is 50.1 Å². The lowest BCUT2D eigenvalue weighted by molar-refractivity contribution is -0.162. The maximum Gasteiger partial charge on any atom is 0.238 e. The van der Waals surface area contributed by atoms with Crippen LogP contribution in [0.5, 0.6) is 0 Å². The van der Waals surface area contributed by atoms with Gasteiger partial charge in [-0.05, 0) is 25.3 Å². The summed E-state index contributed by atoms with van der Waals surface area (Å²) in [6.45, 7) is 14.2. The monoisotopic (exact) mass is 429 g/mol. The molecule has 0 spiro atoms. The van der Waals surface area contributed by atoms with Crippen molar-refractivity contribution in [1.29, 1.82) is 0 Å². The second-order valence-electron chi connectivity index (χ2n) is 7.69. The van der Waals surface area contributed by atoms with Gasteiger partial charge in [0.25, 0.3) is 0 Å². The normalized spacial score (nSPS) is 27.4. The zero-order chi connectivity index (χ0) is 19.4. The van der Waals surface area contributed by atoms with E-state index in [0.717, 1.165) is 0 Å². The van der Waals surface area contributed by atoms with E-state index >= 15 is 0 Å². The molecular weight excluding hydrogens is 406 g/mol. The molecule has 0 N–H and O–H groups in total. The van der Waals surface area contributed by atoms with Gasteiger partial charge in [-0.15, -0.1) is 13.2 Å². The number of β-lactam (4-membered cyclic amide) rings is 1. The highest BCUT2D eigenvalue weighted by molar-refractivity contribution is 9.11. The highest BCUT2D eigenvalue weighted by Crippen LogP contribution is 2.55. The van der Waals surface area contributed by atoms with Gasteiger partial charge in [-0.1, -0.05) is 48.9 Å². The highest BCUT2D eigenvalue weighted by Gasteiger charge is 2.69. The Hall–Kier alpha value is -1.21. The van der Waals surface area contributed by atoms with Crippen LogP contribution in [0.1, 0.15) is 40.5 Å². The number of ketones is 1. The minimum Gasteiger partial charge on any atom is -0.292 e. The first-order valence-corrected chi connectivity index (χ1v) is 10.6. The van der Waals surface area contributed by atoms with Gasteiger partial charge in [0.05, 0.1) is 11.1 Å². The molecule has 0 aromatic heterocycles. The van der Waals surface area contributed by atoms with Crippen LogP contribution in [0.25, 0.3) is 0 Å². The molecule has 7 heteroatoms. The molecule has 25 heavy (non-hydrogen) atoms. The van der Waals surface area contributed by atoms with Crippen molar-refractivity contribution in [3.05, 3.63) is 36.6 Å². The molecule has 2 heterocycles. The molecule has 0 aromatic carbocycles. The topological polar surface area (TPSA) is 71.5 Å². The van der Waals surface area contributed by atoms with E-state index in [9.17, 15) is 18.0 Å². The fourth-order valence-corrected chi connectivity index (χ4v) is 6.67. The molecule has 138 valence electrons. The third kappa shape index (κ3) is 2.67. The van der Waals surface area contributed by atoms with Crippen molar-refractivity contribution in [1.82, 2.24) is 4.90 Å². The van der Waals surface area contributed by atoms with E-state index < -0.39 is 30.2 Å². The second-order valence-corrected chi connectivity index (χ2v) is 11.3. The lowest BCUT2D eigenvalue weighted by Crippen LogP contribution is -2.74. The maximum atomic E-state index is 13.1. The molecule has 0 saturated carbocycles. The standard InChI is InChI=1S/C18H24BrNO4S/c1-7-9-18(10-8-2)15(22)20-12(13(21)17(4,5)6)11(3)14(19)25(23,24)16(18)20/h7-8,14,16H,1-2,9-10H2,3-6H3/t14?,16-/m1/s1. The maximum absolute atomic E-state index is 13.1. The van der Waals surface area contributed by atoms with Crippen molar-refractivity contribution < 1.29 is 18.0 Å². The number of alkyl halides is 1. The molecule has 0 bridgehead atoms. The third-order valence-corrected chi connectivity index (χ3v) is 9.28. The van der Waals surface area contributed by atoms with Crippen molar-refractivity contribution in [2.75, 3.05) is 0 Å². The SMILES string of the molecule is C=CCC1(CC=C)C(=O)N2C(C(=O)C(C)(C)C)=C(C)C(Br)S(=O)(=O)[C@@H]21. The Morgan fingerprint density at radius 2 is 1.76 bits per heavy atom. The third-order valence-electron chi connectivity index (χ3n) is 4.82. The van der Waals surface area contributed by atoms with E-state index in [2.05, 4.69) is 29.1 Å². The Kier molecular flexibility index (Phi) is 4.98. The van der Waals surface area contributed by atoms with Gasteiger partial charge in [-0.2, -0.15) is 0 Å². The Bertz CT molecular complexity index is 778. The number of hydrogen-bond acceptors (Lipinski definition) is 4. The number of carbonyl (C=O) groups is 2. The van der Waals surface area contributed by atoms with Gasteiger partial charge in [0.2, 0.25) is 5.91 Å². The Balaban J connectivity index is 2.72. The molecule has 2 rings (SSSR count). The lowest BCUT2D eigenvalue weighted by Gasteiger charge is -2.58. The summed E-state index contributed by atoms with van der Waals surface area (Å²) in [5.41, 5.74) is -1.32. The Morgan fingerprint density at radius 1 is 1.28 bits per heavy atom. The van der Waals surface area contributed by atoms with Crippen LogP contribution in [0.3, 0.4) is 0 Å². The number of halogens is 1. The van der Waals surface area contributed by atoms with E-state index in [1.165, 1.54) is 4.90 Å². The van der Waals surface area contributed by atoms with Gasteiger partial charge in [0.1, 0.15) is 4.16 Å². The summed E-state index contributed by atoms with van der Waals surface area (Å²) in [6.07, 6.45) is 3.53. The van der Waals surface area contributed by atoms with Crippen LogP contribution in [-0.2, 0) is 19.4 Å². The zero-order valence-electron chi connectivity index (χ0n) is 15.0. The number of nitrogens with zero attached hydrogens (tertiary/aromatic N) is 1. The first-order valence-electron chi connectivity index (χ1n) is 8.05. The molecule has 1 amide bonds. The number of sulfone groups is 1. The van der Waals surface area contributed by atoms with Gasteiger partial charge in [0, 0.05) is 5.41 Å². The minimum absolute atomic E-state index is 0.197. The van der Waals surface area contributed by atoms with E-state index in [1.807, 2.05) is 0 Å². The quantitative estimate of drug-likeness (QED) is 0.381. The molecule has 5 nitrogen and oxygen atoms in total. The van der Waals surface area contributed by atoms with Gasteiger partial charge in [-0.25, -0.2) is 8.42 Å². The van der Waals surface area contributed by atoms with Crippen molar-refractivity contribution >= 4 is 37.5 Å². The van der Waals surface area contributed by atoms with Crippen LogP contribution in [0.4, 0.5) is 0 Å². The molecule has 0 aromatic rings. The molecule has 0 aliphatic carbocycles. The van der Waals surface area contributed by atoms with Crippen LogP contribution in [-0.4, -0.2) is 34.5 Å². The molecule has 2 aliphatic heterocycles. The number of carbonyl (C=O) groups excluding carboxylic acids is 2. The zero-order valence-corrected chi connectivity index (χ0v) is 17.4. The van der Waals surface area contributed by atoms with Crippen LogP contribution >= 0.6 is 15.9 Å². The van der Waals surface area contributed by atoms with Crippen LogP contribution < -0.4 is 0 Å². The van der Waals surface area contributed by atoms with Crippen molar-refractivity contribution in [2.24, 2.45) is 10.8 Å². The van der Waals surface area contributed by atoms with Crippen LogP contribution in [0, 0.1) is 10.8 Å². The Morgan fingerprint density at radius 3 is 2.16 bits per heavy atom. The fraction of sp³-hybridized carbons (Fsp3) is 0.556. The fourth-order valence-electron chi connectivity index (χ4n) is 3.59. The number of Topliss-reactive ketones (excluding diaryl/α,β-unsaturated/α-hetero) is 1. The van der Waals surface area contributed by atoms with Crippen molar-refractivity contribution in [3.8, 4) is 0 Å². The summed E-state index contributed by atoms with van der Waals surface area (Å²) in [6, 6.07) is 0. The average molecular weight is 430 g/mol. The number of amides is 1. The summed E-state index contributed by atoms with van der Waals surface area (Å²) in [7, 11) is -3.73. The summed E-state index contributed by atoms with van der Waals surface area (Å²) in [4.78, 5) is 27.2. The predicted molar refractivity (Wildman–Crippen MR) is 101 cm³/mol. The lowest BCUT2D eigenvalue weighted by atomic mass is 9.71. The van der Waals surface area contributed by atoms with E-state index in [-0.39, 0.29) is 30.2 Å². The van der Waals surface area contributed by atoms with E-state index in [1.54, 1.807) is 39.8 Å². The van der Waals surface area contributed by atoms with E-state index in [0.29, 0.717) is 5.57 Å². The first kappa shape index (κ1) is 20.1. The smallest absolute Gasteiger partial charge is 0.238 e.